The molecule has 0 bridgehead atoms. The van der Waals surface area contributed by atoms with E-state index in [4.69, 9.17) is 4.74 Å². The summed E-state index contributed by atoms with van der Waals surface area (Å²) >= 11 is 0. The van der Waals surface area contributed by atoms with Gasteiger partial charge in [-0.25, -0.2) is 4.79 Å². The van der Waals surface area contributed by atoms with Gasteiger partial charge in [-0.2, -0.15) is 0 Å². The Balaban J connectivity index is 2.00. The van der Waals surface area contributed by atoms with Gasteiger partial charge in [0.2, 0.25) is 5.91 Å². The van der Waals surface area contributed by atoms with Gasteiger partial charge in [-0.05, 0) is 38.5 Å². The van der Waals surface area contributed by atoms with E-state index in [2.05, 4.69) is 0 Å². The Kier molecular flexibility index (Phi) is 3.74. The number of rotatable bonds is 1. The number of hydrogen-bond donors (Lipinski definition) is 0. The number of β-lactam (4-membered cyclic amide) rings is 1. The molecular weight excluding hydrogens is 304 g/mol. The molecule has 3 rings (SSSR count). The molecule has 1 fully saturated rings. The van der Waals surface area contributed by atoms with Crippen LogP contribution in [0.4, 0.5) is 4.79 Å². The molecule has 0 aliphatic carbocycles. The van der Waals surface area contributed by atoms with Crippen LogP contribution in [-0.2, 0) is 9.53 Å². The third kappa shape index (κ3) is 2.31. The number of methoxy groups -OCH3 is 1. The summed E-state index contributed by atoms with van der Waals surface area (Å²) in [5.41, 5.74) is 0.0382. The zero-order chi connectivity index (χ0) is 17.5. The molecule has 1 aromatic carbocycles. The minimum absolute atomic E-state index is 0.0425. The number of carbonyl (C=O) groups excluding carboxylic acids is 2. The monoisotopic (exact) mass is 326 g/mol. The third-order valence-electron chi connectivity index (χ3n) is 4.55. The first-order valence-corrected chi connectivity index (χ1v) is 7.95. The van der Waals surface area contributed by atoms with Crippen LogP contribution >= 0.6 is 0 Å². The van der Waals surface area contributed by atoms with E-state index in [0.717, 1.165) is 5.56 Å². The summed E-state index contributed by atoms with van der Waals surface area (Å²) in [7, 11) is 1.33. The van der Waals surface area contributed by atoms with Crippen molar-refractivity contribution in [2.75, 3.05) is 7.11 Å². The summed E-state index contributed by atoms with van der Waals surface area (Å²) < 4.78 is 4.71. The molecule has 2 heterocycles. The van der Waals surface area contributed by atoms with Gasteiger partial charge in [-0.3, -0.25) is 9.69 Å². The predicted molar refractivity (Wildman–Crippen MR) is 90.7 cm³/mol. The number of nitrogens with zero attached hydrogens (tertiary/aromatic N) is 2. The van der Waals surface area contributed by atoms with Crippen LogP contribution in [0.3, 0.4) is 0 Å². The highest BCUT2D eigenvalue weighted by Crippen LogP contribution is 2.56. The van der Waals surface area contributed by atoms with Crippen molar-refractivity contribution in [3.63, 3.8) is 0 Å². The van der Waals surface area contributed by atoms with E-state index < -0.39 is 11.5 Å². The van der Waals surface area contributed by atoms with E-state index in [1.165, 1.54) is 12.0 Å². The number of likely N-dealkylation sites (tertiary alicyclic amines) is 1. The molecule has 2 aliphatic heterocycles. The van der Waals surface area contributed by atoms with Crippen molar-refractivity contribution in [3.05, 3.63) is 60.4 Å². The lowest BCUT2D eigenvalue weighted by Gasteiger charge is -2.59. The number of benzene rings is 1. The van der Waals surface area contributed by atoms with Crippen LogP contribution in [0.2, 0.25) is 0 Å². The molecule has 1 saturated heterocycles. The van der Waals surface area contributed by atoms with E-state index in [9.17, 15) is 9.59 Å². The van der Waals surface area contributed by atoms with Crippen molar-refractivity contribution in [1.82, 2.24) is 9.80 Å². The second kappa shape index (κ2) is 5.51. The van der Waals surface area contributed by atoms with Crippen LogP contribution in [0.5, 0.6) is 0 Å². The Hall–Kier alpha value is -2.56. The van der Waals surface area contributed by atoms with E-state index in [0.29, 0.717) is 0 Å². The number of hydrogen-bond acceptors (Lipinski definition) is 3. The first kappa shape index (κ1) is 16.3. The van der Waals surface area contributed by atoms with E-state index >= 15 is 0 Å². The topological polar surface area (TPSA) is 49.9 Å². The lowest BCUT2D eigenvalue weighted by atomic mass is 9.65. The lowest BCUT2D eigenvalue weighted by molar-refractivity contribution is -0.172. The van der Waals surface area contributed by atoms with Crippen molar-refractivity contribution in [2.45, 2.75) is 32.4 Å². The second-order valence-electron chi connectivity index (χ2n) is 7.10. The van der Waals surface area contributed by atoms with Crippen LogP contribution in [0.25, 0.3) is 0 Å². The minimum atomic E-state index is -0.751. The predicted octanol–water partition coefficient (Wildman–Crippen LogP) is 3.46. The molecule has 0 saturated carbocycles. The summed E-state index contributed by atoms with van der Waals surface area (Å²) in [6, 6.07) is 9.88. The van der Waals surface area contributed by atoms with Crippen molar-refractivity contribution in [1.29, 1.82) is 0 Å². The Morgan fingerprint density at radius 3 is 2.21 bits per heavy atom. The van der Waals surface area contributed by atoms with Crippen LogP contribution < -0.4 is 0 Å². The molecule has 5 heteroatoms. The largest absolute Gasteiger partial charge is 0.452 e. The molecule has 5 nitrogen and oxygen atoms in total. The SMILES string of the molecule is COC(=O)N1C=CC2(C=C1)C(=O)N(C(C)(C)C)C2c1ccccc1. The molecule has 2 amide bonds. The van der Waals surface area contributed by atoms with Gasteiger partial charge >= 0.3 is 6.09 Å². The molecule has 24 heavy (non-hydrogen) atoms. The van der Waals surface area contributed by atoms with E-state index in [-0.39, 0.29) is 17.5 Å². The quantitative estimate of drug-likeness (QED) is 0.743. The summed E-state index contributed by atoms with van der Waals surface area (Å²) in [6.07, 6.45) is 6.34. The van der Waals surface area contributed by atoms with E-state index in [1.54, 1.807) is 24.6 Å². The first-order chi connectivity index (χ1) is 11.3. The zero-order valence-corrected chi connectivity index (χ0v) is 14.4. The van der Waals surface area contributed by atoms with Crippen LogP contribution in [0.15, 0.2) is 54.9 Å². The molecule has 0 radical (unpaired) electrons. The number of amides is 2. The summed E-state index contributed by atoms with van der Waals surface area (Å²) in [4.78, 5) is 27.9. The van der Waals surface area contributed by atoms with Gasteiger partial charge in [0.05, 0.1) is 13.2 Å². The van der Waals surface area contributed by atoms with Gasteiger partial charge in [0.1, 0.15) is 5.41 Å². The normalized spacial score (nSPS) is 21.8. The fourth-order valence-electron chi connectivity index (χ4n) is 3.41. The summed E-state index contributed by atoms with van der Waals surface area (Å²) in [5.74, 6) is 0.0425. The van der Waals surface area contributed by atoms with Crippen LogP contribution in [0, 0.1) is 5.41 Å². The fourth-order valence-corrected chi connectivity index (χ4v) is 3.41. The highest BCUT2D eigenvalue weighted by Gasteiger charge is 2.61. The zero-order valence-electron chi connectivity index (χ0n) is 14.4. The fraction of sp³-hybridized carbons (Fsp3) is 0.368. The Morgan fingerprint density at radius 1 is 1.12 bits per heavy atom. The Morgan fingerprint density at radius 2 is 1.71 bits per heavy atom. The number of carbonyl (C=O) groups is 2. The van der Waals surface area contributed by atoms with Gasteiger partial charge in [0.25, 0.3) is 0 Å². The van der Waals surface area contributed by atoms with Crippen molar-refractivity contribution in [3.8, 4) is 0 Å². The lowest BCUT2D eigenvalue weighted by Crippen LogP contribution is -2.67. The molecule has 1 atom stereocenters. The maximum atomic E-state index is 13.0. The number of ether oxygens (including phenoxy) is 1. The molecule has 1 unspecified atom stereocenters. The smallest absolute Gasteiger partial charge is 0.417 e. The van der Waals surface area contributed by atoms with Gasteiger partial charge < -0.3 is 9.64 Å². The standard InChI is InChI=1S/C19H22N2O3/c1-18(2,3)21-15(14-8-6-5-7-9-14)19(16(21)22)10-12-20(13-11-19)17(23)24-4/h5-13,15H,1-4H3. The summed E-state index contributed by atoms with van der Waals surface area (Å²) in [5, 5.41) is 0. The van der Waals surface area contributed by atoms with Gasteiger partial charge in [-0.1, -0.05) is 30.3 Å². The van der Waals surface area contributed by atoms with E-state index in [1.807, 2.05) is 56.0 Å². The molecule has 1 spiro atoms. The van der Waals surface area contributed by atoms with Gasteiger partial charge in [-0.15, -0.1) is 0 Å². The maximum absolute atomic E-state index is 13.0. The van der Waals surface area contributed by atoms with Crippen LogP contribution in [0.1, 0.15) is 32.4 Å². The molecule has 1 aromatic rings. The minimum Gasteiger partial charge on any atom is -0.452 e. The third-order valence-corrected chi connectivity index (χ3v) is 4.55. The van der Waals surface area contributed by atoms with Crippen LogP contribution in [-0.4, -0.2) is 34.4 Å². The Labute approximate surface area is 142 Å². The summed E-state index contributed by atoms with van der Waals surface area (Å²) in [6.45, 7) is 6.10. The van der Waals surface area contributed by atoms with Gasteiger partial charge in [0.15, 0.2) is 0 Å². The van der Waals surface area contributed by atoms with Crippen molar-refractivity contribution >= 4 is 12.0 Å². The van der Waals surface area contributed by atoms with Crippen molar-refractivity contribution < 1.29 is 14.3 Å². The first-order valence-electron chi connectivity index (χ1n) is 7.95. The maximum Gasteiger partial charge on any atom is 0.417 e. The highest BCUT2D eigenvalue weighted by molar-refractivity contribution is 5.96. The Bertz CT molecular complexity index is 702. The van der Waals surface area contributed by atoms with Crippen molar-refractivity contribution in [2.24, 2.45) is 5.41 Å². The van der Waals surface area contributed by atoms with Gasteiger partial charge in [0, 0.05) is 17.9 Å². The average Bonchev–Trinajstić information content (AvgIpc) is 2.58. The molecule has 0 N–H and O–H groups in total. The molecule has 2 aliphatic rings. The molecule has 126 valence electrons. The average molecular weight is 326 g/mol. The second-order valence-corrected chi connectivity index (χ2v) is 7.10. The molecule has 0 aromatic heterocycles. The molecular formula is C19H22N2O3. The highest BCUT2D eigenvalue weighted by atomic mass is 16.5.